The van der Waals surface area contributed by atoms with Gasteiger partial charge in [0.2, 0.25) is 0 Å². The van der Waals surface area contributed by atoms with Crippen molar-refractivity contribution in [1.29, 1.82) is 0 Å². The van der Waals surface area contributed by atoms with Crippen LogP contribution in [0.3, 0.4) is 0 Å². The molecule has 3 heteroatoms. The van der Waals surface area contributed by atoms with Crippen LogP contribution in [0.5, 0.6) is 0 Å². The zero-order valence-electron chi connectivity index (χ0n) is 12.7. The molecule has 2 unspecified atom stereocenters. The number of hydrogen-bond acceptors (Lipinski definition) is 3. The van der Waals surface area contributed by atoms with Gasteiger partial charge in [0.05, 0.1) is 0 Å². The zero-order valence-corrected chi connectivity index (χ0v) is 12.7. The van der Waals surface area contributed by atoms with E-state index in [2.05, 4.69) is 36.0 Å². The molecule has 1 fully saturated rings. The van der Waals surface area contributed by atoms with Crippen LogP contribution in [-0.4, -0.2) is 36.3 Å². The molecule has 0 N–H and O–H groups in total. The summed E-state index contributed by atoms with van der Waals surface area (Å²) in [6.07, 6.45) is 10.5. The van der Waals surface area contributed by atoms with Crippen molar-refractivity contribution in [1.82, 2.24) is 9.88 Å². The van der Waals surface area contributed by atoms with Crippen molar-refractivity contribution in [3.8, 4) is 0 Å². The third kappa shape index (κ3) is 4.14. The highest BCUT2D eigenvalue weighted by molar-refractivity contribution is 5.60. The van der Waals surface area contributed by atoms with Gasteiger partial charge in [-0.15, -0.1) is 0 Å². The second kappa shape index (κ2) is 6.98. The first-order chi connectivity index (χ1) is 9.63. The molecule has 0 amide bonds. The lowest BCUT2D eigenvalue weighted by Crippen LogP contribution is -2.41. The minimum atomic E-state index is -0.106. The Kier molecular flexibility index (Phi) is 5.30. The topological polar surface area (TPSA) is 33.2 Å². The fourth-order valence-electron chi connectivity index (χ4n) is 3.47. The van der Waals surface area contributed by atoms with Crippen molar-refractivity contribution >= 4 is 6.29 Å². The molecule has 2 atom stereocenters. The smallest absolute Gasteiger partial charge is 0.127 e. The fraction of sp³-hybridized carbons (Fsp3) is 0.647. The molecular weight excluding hydrogens is 248 g/mol. The highest BCUT2D eigenvalue weighted by Gasteiger charge is 2.35. The summed E-state index contributed by atoms with van der Waals surface area (Å²) in [6, 6.07) is 4.12. The third-order valence-corrected chi connectivity index (χ3v) is 4.49. The Morgan fingerprint density at radius 1 is 1.45 bits per heavy atom. The summed E-state index contributed by atoms with van der Waals surface area (Å²) >= 11 is 0. The van der Waals surface area contributed by atoms with Gasteiger partial charge in [-0.2, -0.15) is 0 Å². The van der Waals surface area contributed by atoms with Gasteiger partial charge in [0.25, 0.3) is 0 Å². The SMILES string of the molecule is CC1CCCC(C=O)(CN(C)CCc2ccncc2)C1. The molecular formula is C17H26N2O. The minimum absolute atomic E-state index is 0.106. The highest BCUT2D eigenvalue weighted by atomic mass is 16.1. The van der Waals surface area contributed by atoms with Gasteiger partial charge in [-0.05, 0) is 49.9 Å². The average molecular weight is 274 g/mol. The lowest BCUT2D eigenvalue weighted by molar-refractivity contribution is -0.119. The lowest BCUT2D eigenvalue weighted by Gasteiger charge is -2.38. The number of rotatable bonds is 6. The Bertz CT molecular complexity index is 420. The molecule has 20 heavy (non-hydrogen) atoms. The molecule has 0 aromatic carbocycles. The average Bonchev–Trinajstić information content (AvgIpc) is 2.46. The number of likely N-dealkylation sites (N-methyl/N-ethyl adjacent to an activating group) is 1. The van der Waals surface area contributed by atoms with Crippen LogP contribution in [0, 0.1) is 11.3 Å². The van der Waals surface area contributed by atoms with Gasteiger partial charge in [0.15, 0.2) is 0 Å². The van der Waals surface area contributed by atoms with Gasteiger partial charge < -0.3 is 9.69 Å². The lowest BCUT2D eigenvalue weighted by atomic mass is 9.71. The van der Waals surface area contributed by atoms with Crippen molar-refractivity contribution < 1.29 is 4.79 Å². The molecule has 1 aliphatic carbocycles. The van der Waals surface area contributed by atoms with Crippen LogP contribution in [0.4, 0.5) is 0 Å². The fourth-order valence-corrected chi connectivity index (χ4v) is 3.47. The van der Waals surface area contributed by atoms with E-state index in [9.17, 15) is 4.79 Å². The number of aldehydes is 1. The van der Waals surface area contributed by atoms with Crippen molar-refractivity contribution in [2.24, 2.45) is 11.3 Å². The molecule has 1 heterocycles. The summed E-state index contributed by atoms with van der Waals surface area (Å²) in [5, 5.41) is 0. The van der Waals surface area contributed by atoms with Crippen LogP contribution in [0.15, 0.2) is 24.5 Å². The second-order valence-electron chi connectivity index (χ2n) is 6.52. The summed E-state index contributed by atoms with van der Waals surface area (Å²) in [7, 11) is 2.13. The van der Waals surface area contributed by atoms with E-state index in [1.807, 2.05) is 12.4 Å². The van der Waals surface area contributed by atoms with E-state index in [1.54, 1.807) is 0 Å². The molecule has 3 nitrogen and oxygen atoms in total. The van der Waals surface area contributed by atoms with Crippen LogP contribution >= 0.6 is 0 Å². The van der Waals surface area contributed by atoms with E-state index < -0.39 is 0 Å². The van der Waals surface area contributed by atoms with Gasteiger partial charge >= 0.3 is 0 Å². The Morgan fingerprint density at radius 2 is 2.20 bits per heavy atom. The van der Waals surface area contributed by atoms with E-state index in [0.29, 0.717) is 5.92 Å². The molecule has 0 spiro atoms. The first-order valence-corrected chi connectivity index (χ1v) is 7.67. The molecule has 1 aromatic heterocycles. The summed E-state index contributed by atoms with van der Waals surface area (Å²) < 4.78 is 0. The third-order valence-electron chi connectivity index (χ3n) is 4.49. The van der Waals surface area contributed by atoms with Crippen LogP contribution in [0.25, 0.3) is 0 Å². The second-order valence-corrected chi connectivity index (χ2v) is 6.52. The van der Waals surface area contributed by atoms with E-state index in [-0.39, 0.29) is 5.41 Å². The number of aromatic nitrogens is 1. The number of hydrogen-bond donors (Lipinski definition) is 0. The minimum Gasteiger partial charge on any atom is -0.305 e. The highest BCUT2D eigenvalue weighted by Crippen LogP contribution is 2.38. The van der Waals surface area contributed by atoms with E-state index in [0.717, 1.165) is 32.4 Å². The Labute approximate surface area is 122 Å². The predicted molar refractivity (Wildman–Crippen MR) is 81.6 cm³/mol. The van der Waals surface area contributed by atoms with Crippen LogP contribution in [-0.2, 0) is 11.2 Å². The van der Waals surface area contributed by atoms with Crippen molar-refractivity contribution in [2.75, 3.05) is 20.1 Å². The molecule has 1 aliphatic rings. The summed E-state index contributed by atoms with van der Waals surface area (Å²) in [4.78, 5) is 18.0. The summed E-state index contributed by atoms with van der Waals surface area (Å²) in [6.45, 7) is 4.16. The van der Waals surface area contributed by atoms with Crippen LogP contribution in [0.2, 0.25) is 0 Å². The molecule has 1 aromatic rings. The molecule has 0 radical (unpaired) electrons. The molecule has 0 bridgehead atoms. The molecule has 0 saturated heterocycles. The number of pyridine rings is 1. The zero-order chi connectivity index (χ0) is 14.4. The molecule has 1 saturated carbocycles. The normalized spacial score (nSPS) is 26.6. The van der Waals surface area contributed by atoms with Crippen LogP contribution in [0.1, 0.15) is 38.2 Å². The molecule has 0 aliphatic heterocycles. The largest absolute Gasteiger partial charge is 0.305 e. The maximum Gasteiger partial charge on any atom is 0.127 e. The van der Waals surface area contributed by atoms with E-state index in [1.165, 1.54) is 24.7 Å². The number of carbonyl (C=O) groups excluding carboxylic acids is 1. The van der Waals surface area contributed by atoms with Gasteiger partial charge in [0, 0.05) is 30.9 Å². The Hall–Kier alpha value is -1.22. The molecule has 110 valence electrons. The first kappa shape index (κ1) is 15.2. The maximum atomic E-state index is 11.6. The number of carbonyl (C=O) groups is 1. The first-order valence-electron chi connectivity index (χ1n) is 7.67. The standard InChI is InChI=1S/C17H26N2O/c1-15-4-3-8-17(12-15,14-20)13-19(2)11-7-16-5-9-18-10-6-16/h5-6,9-10,14-15H,3-4,7-8,11-13H2,1-2H3. The Morgan fingerprint density at radius 3 is 2.85 bits per heavy atom. The quantitative estimate of drug-likeness (QED) is 0.748. The van der Waals surface area contributed by atoms with E-state index in [4.69, 9.17) is 0 Å². The van der Waals surface area contributed by atoms with Gasteiger partial charge in [-0.3, -0.25) is 4.98 Å². The summed E-state index contributed by atoms with van der Waals surface area (Å²) in [5.74, 6) is 0.683. The molecule has 2 rings (SSSR count). The van der Waals surface area contributed by atoms with Crippen molar-refractivity contribution in [3.05, 3.63) is 30.1 Å². The van der Waals surface area contributed by atoms with Crippen molar-refractivity contribution in [3.63, 3.8) is 0 Å². The number of nitrogens with zero attached hydrogens (tertiary/aromatic N) is 2. The van der Waals surface area contributed by atoms with E-state index >= 15 is 0 Å². The van der Waals surface area contributed by atoms with Crippen LogP contribution < -0.4 is 0 Å². The van der Waals surface area contributed by atoms with Gasteiger partial charge in [-0.1, -0.05) is 19.8 Å². The summed E-state index contributed by atoms with van der Waals surface area (Å²) in [5.41, 5.74) is 1.20. The monoisotopic (exact) mass is 274 g/mol. The van der Waals surface area contributed by atoms with Gasteiger partial charge in [-0.25, -0.2) is 0 Å². The van der Waals surface area contributed by atoms with Crippen molar-refractivity contribution in [2.45, 2.75) is 39.0 Å². The van der Waals surface area contributed by atoms with Gasteiger partial charge in [0.1, 0.15) is 6.29 Å². The predicted octanol–water partition coefficient (Wildman–Crippen LogP) is 2.95. The maximum absolute atomic E-state index is 11.6. The Balaban J connectivity index is 1.86.